The van der Waals surface area contributed by atoms with Crippen molar-refractivity contribution in [2.24, 2.45) is 5.41 Å². The Morgan fingerprint density at radius 3 is 2.52 bits per heavy atom. The molecule has 1 aliphatic heterocycles. The molecule has 1 heterocycles. The zero-order valence-electron chi connectivity index (χ0n) is 16.4. The van der Waals surface area contributed by atoms with Crippen molar-refractivity contribution in [1.29, 1.82) is 0 Å². The summed E-state index contributed by atoms with van der Waals surface area (Å²) in [5.41, 5.74) is 0.917. The van der Waals surface area contributed by atoms with Crippen LogP contribution in [0.15, 0.2) is 48.5 Å². The lowest BCUT2D eigenvalue weighted by molar-refractivity contribution is -0.0326. The maximum absolute atomic E-state index is 11.9. The van der Waals surface area contributed by atoms with Crippen LogP contribution in [0.3, 0.4) is 0 Å². The SMILES string of the molecule is CC(C)(C)C1(C)CN(C(=O)O)Cc2c(OCc3ccccc3)cccc2O1. The molecule has 2 aromatic carbocycles. The van der Waals surface area contributed by atoms with Crippen LogP contribution < -0.4 is 9.47 Å². The van der Waals surface area contributed by atoms with Gasteiger partial charge in [-0.2, -0.15) is 0 Å². The Morgan fingerprint density at radius 2 is 1.89 bits per heavy atom. The molecule has 1 amide bonds. The average molecular weight is 369 g/mol. The van der Waals surface area contributed by atoms with Crippen LogP contribution in [0.25, 0.3) is 0 Å². The first-order chi connectivity index (χ1) is 12.7. The Balaban J connectivity index is 1.95. The lowest BCUT2D eigenvalue weighted by atomic mass is 9.77. The molecule has 0 saturated carbocycles. The molecule has 2 aromatic rings. The number of hydrogen-bond donors (Lipinski definition) is 1. The Hall–Kier alpha value is -2.69. The second-order valence-electron chi connectivity index (χ2n) is 8.23. The summed E-state index contributed by atoms with van der Waals surface area (Å²) in [5.74, 6) is 1.34. The maximum Gasteiger partial charge on any atom is 0.407 e. The lowest BCUT2D eigenvalue weighted by Gasteiger charge is -2.42. The van der Waals surface area contributed by atoms with Gasteiger partial charge in [-0.3, -0.25) is 4.90 Å². The molecular formula is C22H27NO4. The largest absolute Gasteiger partial charge is 0.488 e. The zero-order valence-corrected chi connectivity index (χ0v) is 16.4. The fourth-order valence-electron chi connectivity index (χ4n) is 3.08. The van der Waals surface area contributed by atoms with Crippen LogP contribution in [0.2, 0.25) is 0 Å². The number of benzene rings is 2. The fraction of sp³-hybridized carbons (Fsp3) is 0.409. The minimum atomic E-state index is -0.959. The number of fused-ring (bicyclic) bond motifs is 1. The van der Waals surface area contributed by atoms with Crippen LogP contribution >= 0.6 is 0 Å². The summed E-state index contributed by atoms with van der Waals surface area (Å²) in [6.45, 7) is 9.10. The van der Waals surface area contributed by atoms with Crippen molar-refractivity contribution >= 4 is 6.09 Å². The smallest absolute Gasteiger partial charge is 0.407 e. The van der Waals surface area contributed by atoms with Crippen molar-refractivity contribution < 1.29 is 19.4 Å². The van der Waals surface area contributed by atoms with E-state index in [1.165, 1.54) is 4.90 Å². The quantitative estimate of drug-likeness (QED) is 0.832. The molecule has 144 valence electrons. The van der Waals surface area contributed by atoms with Gasteiger partial charge in [0.1, 0.15) is 23.7 Å². The maximum atomic E-state index is 11.9. The van der Waals surface area contributed by atoms with Gasteiger partial charge in [-0.05, 0) is 24.6 Å². The summed E-state index contributed by atoms with van der Waals surface area (Å²) in [5, 5.41) is 9.72. The summed E-state index contributed by atoms with van der Waals surface area (Å²) in [4.78, 5) is 13.3. The van der Waals surface area contributed by atoms with Crippen LogP contribution in [0.4, 0.5) is 4.79 Å². The van der Waals surface area contributed by atoms with E-state index in [1.54, 1.807) is 0 Å². The molecule has 5 heteroatoms. The standard InChI is InChI=1S/C22H27NO4/c1-21(2,3)22(4)15-23(20(24)25)13-17-18(11-8-12-19(17)27-22)26-14-16-9-6-5-7-10-16/h5-12H,13-15H2,1-4H3,(H,24,25). The number of hydrogen-bond acceptors (Lipinski definition) is 3. The molecule has 1 atom stereocenters. The van der Waals surface area contributed by atoms with Gasteiger partial charge >= 0.3 is 6.09 Å². The fourth-order valence-corrected chi connectivity index (χ4v) is 3.08. The average Bonchev–Trinajstić information content (AvgIpc) is 2.77. The van der Waals surface area contributed by atoms with Gasteiger partial charge in [0, 0.05) is 5.41 Å². The van der Waals surface area contributed by atoms with Crippen LogP contribution in [-0.2, 0) is 13.2 Å². The predicted molar refractivity (Wildman–Crippen MR) is 104 cm³/mol. The highest BCUT2D eigenvalue weighted by Crippen LogP contribution is 2.42. The summed E-state index contributed by atoms with van der Waals surface area (Å²) in [6, 6.07) is 15.5. The summed E-state index contributed by atoms with van der Waals surface area (Å²) in [6.07, 6.45) is -0.959. The lowest BCUT2D eigenvalue weighted by Crippen LogP contribution is -2.53. The second-order valence-corrected chi connectivity index (χ2v) is 8.23. The molecule has 5 nitrogen and oxygen atoms in total. The summed E-state index contributed by atoms with van der Waals surface area (Å²) < 4.78 is 12.4. The highest BCUT2D eigenvalue weighted by Gasteiger charge is 2.45. The molecule has 1 unspecified atom stereocenters. The third-order valence-corrected chi connectivity index (χ3v) is 5.36. The van der Waals surface area contributed by atoms with E-state index in [-0.39, 0.29) is 12.0 Å². The molecule has 1 N–H and O–H groups in total. The van der Waals surface area contributed by atoms with Crippen LogP contribution in [-0.4, -0.2) is 28.2 Å². The first-order valence-corrected chi connectivity index (χ1v) is 9.15. The molecule has 0 bridgehead atoms. The molecule has 0 radical (unpaired) electrons. The summed E-state index contributed by atoms with van der Waals surface area (Å²) >= 11 is 0. The van der Waals surface area contributed by atoms with Crippen molar-refractivity contribution in [2.45, 2.75) is 46.4 Å². The number of nitrogens with zero attached hydrogens (tertiary/aromatic N) is 1. The molecule has 0 aliphatic carbocycles. The van der Waals surface area contributed by atoms with E-state index >= 15 is 0 Å². The third kappa shape index (κ3) is 4.02. The normalized spacial score (nSPS) is 19.6. The molecule has 0 spiro atoms. The van der Waals surface area contributed by atoms with Gasteiger partial charge in [-0.25, -0.2) is 4.79 Å². The Kier molecular flexibility index (Phi) is 5.05. The van der Waals surface area contributed by atoms with Crippen molar-refractivity contribution in [1.82, 2.24) is 4.90 Å². The van der Waals surface area contributed by atoms with Gasteiger partial charge in [-0.1, -0.05) is 57.2 Å². The molecule has 0 fully saturated rings. The van der Waals surface area contributed by atoms with Gasteiger partial charge in [0.05, 0.1) is 18.7 Å². The zero-order chi connectivity index (χ0) is 19.7. The van der Waals surface area contributed by atoms with Gasteiger partial charge in [0.15, 0.2) is 0 Å². The number of amides is 1. The highest BCUT2D eigenvalue weighted by molar-refractivity contribution is 5.66. The number of carboxylic acid groups (broad SMARTS) is 1. The number of ether oxygens (including phenoxy) is 2. The molecule has 0 saturated heterocycles. The first-order valence-electron chi connectivity index (χ1n) is 9.15. The van der Waals surface area contributed by atoms with E-state index < -0.39 is 11.7 Å². The van der Waals surface area contributed by atoms with E-state index in [9.17, 15) is 9.90 Å². The van der Waals surface area contributed by atoms with Gasteiger partial charge in [0.25, 0.3) is 0 Å². The van der Waals surface area contributed by atoms with Gasteiger partial charge in [-0.15, -0.1) is 0 Å². The second kappa shape index (κ2) is 7.14. The Morgan fingerprint density at radius 1 is 1.19 bits per heavy atom. The molecule has 3 rings (SSSR count). The monoisotopic (exact) mass is 369 g/mol. The molecular weight excluding hydrogens is 342 g/mol. The first kappa shape index (κ1) is 19.1. The molecule has 0 aromatic heterocycles. The van der Waals surface area contributed by atoms with E-state index in [4.69, 9.17) is 9.47 Å². The Bertz CT molecular complexity index is 813. The minimum absolute atomic E-state index is 0.237. The third-order valence-electron chi connectivity index (χ3n) is 5.36. The van der Waals surface area contributed by atoms with E-state index in [0.717, 1.165) is 11.1 Å². The van der Waals surface area contributed by atoms with Crippen molar-refractivity contribution in [3.8, 4) is 11.5 Å². The van der Waals surface area contributed by atoms with Gasteiger partial charge in [0.2, 0.25) is 0 Å². The topological polar surface area (TPSA) is 59.0 Å². The predicted octanol–water partition coefficient (Wildman–Crippen LogP) is 4.94. The van der Waals surface area contributed by atoms with Crippen molar-refractivity contribution in [3.63, 3.8) is 0 Å². The molecule has 1 aliphatic rings. The number of rotatable bonds is 3. The van der Waals surface area contributed by atoms with E-state index in [0.29, 0.717) is 24.7 Å². The Labute approximate surface area is 160 Å². The molecule has 27 heavy (non-hydrogen) atoms. The summed E-state index contributed by atoms with van der Waals surface area (Å²) in [7, 11) is 0. The highest BCUT2D eigenvalue weighted by atomic mass is 16.5. The van der Waals surface area contributed by atoms with Crippen molar-refractivity contribution in [2.75, 3.05) is 6.54 Å². The van der Waals surface area contributed by atoms with Crippen LogP contribution in [0.1, 0.15) is 38.8 Å². The van der Waals surface area contributed by atoms with E-state index in [1.807, 2.05) is 55.5 Å². The van der Waals surface area contributed by atoms with Crippen molar-refractivity contribution in [3.05, 3.63) is 59.7 Å². The van der Waals surface area contributed by atoms with Gasteiger partial charge < -0.3 is 14.6 Å². The van der Waals surface area contributed by atoms with Crippen LogP contribution in [0, 0.1) is 5.41 Å². The van der Waals surface area contributed by atoms with E-state index in [2.05, 4.69) is 20.8 Å². The number of carbonyl (C=O) groups is 1. The minimum Gasteiger partial charge on any atom is -0.488 e. The van der Waals surface area contributed by atoms with Crippen LogP contribution in [0.5, 0.6) is 11.5 Å².